The molecule has 0 N–H and O–H groups in total. The fraction of sp³-hybridized carbons (Fsp3) is 0.385. The third kappa shape index (κ3) is 2.33. The van der Waals surface area contributed by atoms with E-state index >= 15 is 0 Å². The van der Waals surface area contributed by atoms with Crippen molar-refractivity contribution in [1.82, 2.24) is 14.8 Å². The Hall–Kier alpha value is -2.24. The molecule has 1 aromatic heterocycles. The van der Waals surface area contributed by atoms with Crippen LogP contribution in [0.2, 0.25) is 0 Å². The van der Waals surface area contributed by atoms with Gasteiger partial charge in [-0.1, -0.05) is 12.1 Å². The predicted octanol–water partition coefficient (Wildman–Crippen LogP) is 2.92. The SMILES string of the molecule is Cc1c(-c2nncn2C(C)(C)C)cccc1[N+](=O)[O-]. The number of nitro groups is 1. The second-order valence-electron chi connectivity index (χ2n) is 5.40. The highest BCUT2D eigenvalue weighted by atomic mass is 16.6. The van der Waals surface area contributed by atoms with Gasteiger partial charge in [-0.3, -0.25) is 10.1 Å². The number of nitrogens with zero attached hydrogens (tertiary/aromatic N) is 4. The fourth-order valence-electron chi connectivity index (χ4n) is 1.97. The van der Waals surface area contributed by atoms with E-state index in [1.165, 1.54) is 6.07 Å². The Balaban J connectivity index is 2.64. The van der Waals surface area contributed by atoms with E-state index in [2.05, 4.69) is 10.2 Å². The molecule has 0 fully saturated rings. The smallest absolute Gasteiger partial charge is 0.273 e. The van der Waals surface area contributed by atoms with Gasteiger partial charge in [0.05, 0.1) is 4.92 Å². The maximum atomic E-state index is 11.0. The monoisotopic (exact) mass is 260 g/mol. The Labute approximate surface area is 111 Å². The number of hydrogen-bond donors (Lipinski definition) is 0. The summed E-state index contributed by atoms with van der Waals surface area (Å²) in [5, 5.41) is 19.0. The zero-order chi connectivity index (χ0) is 14.2. The van der Waals surface area contributed by atoms with E-state index < -0.39 is 0 Å². The molecule has 6 nitrogen and oxygen atoms in total. The van der Waals surface area contributed by atoms with Gasteiger partial charge >= 0.3 is 0 Å². The van der Waals surface area contributed by atoms with Gasteiger partial charge in [-0.05, 0) is 27.7 Å². The van der Waals surface area contributed by atoms with E-state index in [1.54, 1.807) is 19.3 Å². The highest BCUT2D eigenvalue weighted by Crippen LogP contribution is 2.30. The molecular formula is C13H16N4O2. The van der Waals surface area contributed by atoms with Crippen LogP contribution in [0.25, 0.3) is 11.4 Å². The van der Waals surface area contributed by atoms with Crippen LogP contribution in [0.3, 0.4) is 0 Å². The van der Waals surface area contributed by atoms with Crippen molar-refractivity contribution >= 4 is 5.69 Å². The van der Waals surface area contributed by atoms with E-state index in [9.17, 15) is 10.1 Å². The first-order chi connectivity index (χ1) is 8.82. The Morgan fingerprint density at radius 3 is 2.58 bits per heavy atom. The van der Waals surface area contributed by atoms with Crippen molar-refractivity contribution in [2.24, 2.45) is 0 Å². The lowest BCUT2D eigenvalue weighted by atomic mass is 10.0. The van der Waals surface area contributed by atoms with Crippen molar-refractivity contribution < 1.29 is 4.92 Å². The van der Waals surface area contributed by atoms with Crippen LogP contribution in [-0.4, -0.2) is 19.7 Å². The van der Waals surface area contributed by atoms with Crippen LogP contribution >= 0.6 is 0 Å². The van der Waals surface area contributed by atoms with Crippen molar-refractivity contribution in [3.05, 3.63) is 40.2 Å². The van der Waals surface area contributed by atoms with Gasteiger partial charge in [0.2, 0.25) is 0 Å². The molecule has 19 heavy (non-hydrogen) atoms. The molecule has 2 rings (SSSR count). The van der Waals surface area contributed by atoms with E-state index in [0.717, 1.165) is 5.56 Å². The average Bonchev–Trinajstić information content (AvgIpc) is 2.77. The number of aromatic nitrogens is 3. The maximum Gasteiger partial charge on any atom is 0.273 e. The van der Waals surface area contributed by atoms with E-state index in [1.807, 2.05) is 31.4 Å². The number of rotatable bonds is 2. The van der Waals surface area contributed by atoms with Gasteiger partial charge in [0.15, 0.2) is 5.82 Å². The van der Waals surface area contributed by atoms with Crippen LogP contribution in [0.4, 0.5) is 5.69 Å². The molecule has 0 spiro atoms. The number of hydrogen-bond acceptors (Lipinski definition) is 4. The summed E-state index contributed by atoms with van der Waals surface area (Å²) in [4.78, 5) is 10.6. The highest BCUT2D eigenvalue weighted by Gasteiger charge is 2.22. The van der Waals surface area contributed by atoms with Crippen LogP contribution in [0.1, 0.15) is 26.3 Å². The van der Waals surface area contributed by atoms with Crippen molar-refractivity contribution in [3.63, 3.8) is 0 Å². The first-order valence-corrected chi connectivity index (χ1v) is 5.97. The van der Waals surface area contributed by atoms with Crippen molar-refractivity contribution in [3.8, 4) is 11.4 Å². The second-order valence-corrected chi connectivity index (χ2v) is 5.40. The summed E-state index contributed by atoms with van der Waals surface area (Å²) in [5.74, 6) is 0.647. The van der Waals surface area contributed by atoms with Gasteiger partial charge in [-0.15, -0.1) is 10.2 Å². The molecule has 0 radical (unpaired) electrons. The summed E-state index contributed by atoms with van der Waals surface area (Å²) in [6.45, 7) is 7.83. The highest BCUT2D eigenvalue weighted by molar-refractivity contribution is 5.66. The molecule has 0 aliphatic heterocycles. The Bertz CT molecular complexity index is 626. The quantitative estimate of drug-likeness (QED) is 0.614. The first kappa shape index (κ1) is 13.2. The largest absolute Gasteiger partial charge is 0.308 e. The molecule has 2 aromatic rings. The zero-order valence-corrected chi connectivity index (χ0v) is 11.4. The van der Waals surface area contributed by atoms with Crippen molar-refractivity contribution in [2.75, 3.05) is 0 Å². The Morgan fingerprint density at radius 1 is 1.32 bits per heavy atom. The van der Waals surface area contributed by atoms with Gasteiger partial charge in [0.1, 0.15) is 6.33 Å². The minimum absolute atomic E-state index is 0.0981. The minimum atomic E-state index is -0.378. The van der Waals surface area contributed by atoms with Gasteiger partial charge in [0.25, 0.3) is 5.69 Å². The molecule has 0 saturated carbocycles. The Morgan fingerprint density at radius 2 is 2.00 bits per heavy atom. The van der Waals surface area contributed by atoms with Crippen LogP contribution in [0.5, 0.6) is 0 Å². The summed E-state index contributed by atoms with van der Waals surface area (Å²) in [6, 6.07) is 4.99. The third-order valence-corrected chi connectivity index (χ3v) is 3.01. The Kier molecular flexibility index (Phi) is 3.09. The molecule has 0 aliphatic carbocycles. The van der Waals surface area contributed by atoms with Gasteiger partial charge in [-0.2, -0.15) is 0 Å². The topological polar surface area (TPSA) is 73.8 Å². The normalized spacial score (nSPS) is 11.6. The summed E-state index contributed by atoms with van der Waals surface area (Å²) in [7, 11) is 0. The molecule has 0 atom stereocenters. The lowest BCUT2D eigenvalue weighted by molar-refractivity contribution is -0.385. The summed E-state index contributed by atoms with van der Waals surface area (Å²) in [6.07, 6.45) is 1.65. The summed E-state index contributed by atoms with van der Waals surface area (Å²) < 4.78 is 1.92. The van der Waals surface area contributed by atoms with Crippen molar-refractivity contribution in [2.45, 2.75) is 33.2 Å². The maximum absolute atomic E-state index is 11.0. The molecular weight excluding hydrogens is 244 g/mol. The van der Waals surface area contributed by atoms with Crippen LogP contribution in [0.15, 0.2) is 24.5 Å². The first-order valence-electron chi connectivity index (χ1n) is 5.97. The van der Waals surface area contributed by atoms with Crippen LogP contribution in [-0.2, 0) is 5.54 Å². The average molecular weight is 260 g/mol. The van der Waals surface area contributed by atoms with E-state index in [4.69, 9.17) is 0 Å². The lowest BCUT2D eigenvalue weighted by Crippen LogP contribution is -2.22. The van der Waals surface area contributed by atoms with Gasteiger partial charge in [0, 0.05) is 22.7 Å². The third-order valence-electron chi connectivity index (χ3n) is 3.01. The molecule has 1 aromatic carbocycles. The zero-order valence-electron chi connectivity index (χ0n) is 11.4. The van der Waals surface area contributed by atoms with E-state index in [-0.39, 0.29) is 16.1 Å². The number of benzene rings is 1. The van der Waals surface area contributed by atoms with Gasteiger partial charge in [-0.25, -0.2) is 0 Å². The molecule has 0 amide bonds. The molecule has 1 heterocycles. The summed E-state index contributed by atoms with van der Waals surface area (Å²) in [5.41, 5.74) is 1.25. The molecule has 100 valence electrons. The standard InChI is InChI=1S/C13H16N4O2/c1-9-10(6-5-7-11(9)17(18)19)12-15-14-8-16(12)13(2,3)4/h5-8H,1-4H3. The van der Waals surface area contributed by atoms with Crippen LogP contribution < -0.4 is 0 Å². The number of nitro benzene ring substituents is 1. The van der Waals surface area contributed by atoms with Crippen LogP contribution in [0, 0.1) is 17.0 Å². The second kappa shape index (κ2) is 4.46. The summed E-state index contributed by atoms with van der Waals surface area (Å²) >= 11 is 0. The molecule has 6 heteroatoms. The van der Waals surface area contributed by atoms with E-state index in [0.29, 0.717) is 11.4 Å². The predicted molar refractivity (Wildman–Crippen MR) is 71.8 cm³/mol. The lowest BCUT2D eigenvalue weighted by Gasteiger charge is -2.22. The molecule has 0 saturated heterocycles. The molecule has 0 unspecified atom stereocenters. The van der Waals surface area contributed by atoms with Gasteiger partial charge < -0.3 is 4.57 Å². The molecule has 0 aliphatic rings. The minimum Gasteiger partial charge on any atom is -0.308 e. The molecule has 0 bridgehead atoms. The van der Waals surface area contributed by atoms with Crippen molar-refractivity contribution in [1.29, 1.82) is 0 Å². The fourth-order valence-corrected chi connectivity index (χ4v) is 1.97.